The third kappa shape index (κ3) is 1.75. The number of aromatic nitrogens is 2. The van der Waals surface area contributed by atoms with E-state index in [1.807, 2.05) is 13.8 Å². The maximum Gasteiger partial charge on any atom is 0.340 e. The Bertz CT molecular complexity index is 344. The molecule has 0 spiro atoms. The molecule has 13 heavy (non-hydrogen) atoms. The highest BCUT2D eigenvalue weighted by Crippen LogP contribution is 2.23. The maximum atomic E-state index is 10.8. The summed E-state index contributed by atoms with van der Waals surface area (Å²) < 4.78 is 2.19. The van der Waals surface area contributed by atoms with Crippen LogP contribution in [0, 0.1) is 6.92 Å². The van der Waals surface area contributed by atoms with Gasteiger partial charge in [0.05, 0.1) is 5.69 Å². The van der Waals surface area contributed by atoms with E-state index in [9.17, 15) is 4.79 Å². The van der Waals surface area contributed by atoms with Gasteiger partial charge in [0.1, 0.15) is 10.2 Å². The number of nitrogens with zero attached hydrogens (tertiary/aromatic N) is 2. The van der Waals surface area contributed by atoms with Crippen molar-refractivity contribution in [2.45, 2.75) is 26.8 Å². The maximum absolute atomic E-state index is 10.8. The van der Waals surface area contributed by atoms with Crippen LogP contribution in [0.3, 0.4) is 0 Å². The molecular formula is C8H11BrN2O2. The molecule has 0 aliphatic carbocycles. The normalized spacial score (nSPS) is 10.8. The summed E-state index contributed by atoms with van der Waals surface area (Å²) in [4.78, 5) is 10.8. The monoisotopic (exact) mass is 246 g/mol. The van der Waals surface area contributed by atoms with Crippen LogP contribution in [0.2, 0.25) is 0 Å². The predicted octanol–water partition coefficient (Wildman–Crippen LogP) is 2.23. The minimum atomic E-state index is -0.948. The Kier molecular flexibility index (Phi) is 2.75. The van der Waals surface area contributed by atoms with Crippen molar-refractivity contribution in [3.05, 3.63) is 15.9 Å². The van der Waals surface area contributed by atoms with Crippen LogP contribution in [-0.4, -0.2) is 20.9 Å². The number of aryl methyl sites for hydroxylation is 1. The molecule has 1 aromatic heterocycles. The third-order valence-electron chi connectivity index (χ3n) is 1.73. The van der Waals surface area contributed by atoms with Gasteiger partial charge in [0.25, 0.3) is 0 Å². The number of rotatable bonds is 2. The summed E-state index contributed by atoms with van der Waals surface area (Å²) >= 11 is 3.22. The summed E-state index contributed by atoms with van der Waals surface area (Å²) in [5.74, 6) is -0.948. The molecule has 1 aromatic rings. The van der Waals surface area contributed by atoms with Crippen molar-refractivity contribution in [2.75, 3.05) is 0 Å². The van der Waals surface area contributed by atoms with Gasteiger partial charge in [-0.3, -0.25) is 4.68 Å². The Morgan fingerprint density at radius 1 is 1.62 bits per heavy atom. The van der Waals surface area contributed by atoms with Crippen LogP contribution in [0.5, 0.6) is 0 Å². The van der Waals surface area contributed by atoms with Gasteiger partial charge in [-0.1, -0.05) is 0 Å². The lowest BCUT2D eigenvalue weighted by molar-refractivity contribution is 0.0695. The molecule has 1 rings (SSSR count). The Morgan fingerprint density at radius 2 is 2.15 bits per heavy atom. The SMILES string of the molecule is Cc1nn(C(C)C)c(Br)c1C(=O)O. The van der Waals surface area contributed by atoms with Gasteiger partial charge in [-0.15, -0.1) is 0 Å². The molecule has 0 aliphatic heterocycles. The highest BCUT2D eigenvalue weighted by atomic mass is 79.9. The Labute approximate surface area is 84.7 Å². The second-order valence-electron chi connectivity index (χ2n) is 3.09. The largest absolute Gasteiger partial charge is 0.478 e. The van der Waals surface area contributed by atoms with E-state index < -0.39 is 5.97 Å². The summed E-state index contributed by atoms with van der Waals surface area (Å²) in [7, 11) is 0. The van der Waals surface area contributed by atoms with Crippen LogP contribution >= 0.6 is 15.9 Å². The minimum absolute atomic E-state index is 0.154. The standard InChI is InChI=1S/C8H11BrN2O2/c1-4(2)11-7(9)6(8(12)13)5(3)10-11/h4H,1-3H3,(H,12,13). The Hall–Kier alpha value is -0.840. The van der Waals surface area contributed by atoms with E-state index in [0.29, 0.717) is 10.3 Å². The van der Waals surface area contributed by atoms with Gasteiger partial charge in [0.15, 0.2) is 0 Å². The second-order valence-corrected chi connectivity index (χ2v) is 3.85. The van der Waals surface area contributed by atoms with Gasteiger partial charge in [0.2, 0.25) is 0 Å². The highest BCUT2D eigenvalue weighted by molar-refractivity contribution is 9.10. The zero-order chi connectivity index (χ0) is 10.2. The molecular weight excluding hydrogens is 236 g/mol. The van der Waals surface area contributed by atoms with Crippen molar-refractivity contribution in [1.82, 2.24) is 9.78 Å². The number of carboxylic acid groups (broad SMARTS) is 1. The Morgan fingerprint density at radius 3 is 2.38 bits per heavy atom. The summed E-state index contributed by atoms with van der Waals surface area (Å²) in [5, 5.41) is 13.0. The van der Waals surface area contributed by atoms with E-state index >= 15 is 0 Å². The first-order valence-electron chi connectivity index (χ1n) is 3.93. The molecule has 0 fully saturated rings. The Balaban J connectivity index is 3.30. The quantitative estimate of drug-likeness (QED) is 0.871. The highest BCUT2D eigenvalue weighted by Gasteiger charge is 2.19. The van der Waals surface area contributed by atoms with Crippen LogP contribution in [0.15, 0.2) is 4.60 Å². The van der Waals surface area contributed by atoms with Crippen molar-refractivity contribution in [3.8, 4) is 0 Å². The van der Waals surface area contributed by atoms with E-state index in [1.54, 1.807) is 11.6 Å². The van der Waals surface area contributed by atoms with E-state index in [4.69, 9.17) is 5.11 Å². The van der Waals surface area contributed by atoms with Crippen molar-refractivity contribution in [1.29, 1.82) is 0 Å². The number of halogens is 1. The first-order chi connectivity index (χ1) is 5.95. The van der Waals surface area contributed by atoms with Crippen molar-refractivity contribution >= 4 is 21.9 Å². The van der Waals surface area contributed by atoms with E-state index in [-0.39, 0.29) is 11.6 Å². The van der Waals surface area contributed by atoms with E-state index in [2.05, 4.69) is 21.0 Å². The predicted molar refractivity (Wildman–Crippen MR) is 52.0 cm³/mol. The topological polar surface area (TPSA) is 55.1 Å². The molecule has 4 nitrogen and oxygen atoms in total. The van der Waals surface area contributed by atoms with Crippen molar-refractivity contribution in [2.24, 2.45) is 0 Å². The van der Waals surface area contributed by atoms with Crippen molar-refractivity contribution < 1.29 is 9.90 Å². The number of aromatic carboxylic acids is 1. The van der Waals surface area contributed by atoms with Gasteiger partial charge >= 0.3 is 5.97 Å². The molecule has 0 saturated carbocycles. The molecule has 0 bridgehead atoms. The number of carbonyl (C=O) groups is 1. The van der Waals surface area contributed by atoms with Gasteiger partial charge in [0, 0.05) is 6.04 Å². The molecule has 0 radical (unpaired) electrons. The zero-order valence-corrected chi connectivity index (χ0v) is 9.29. The number of carboxylic acids is 1. The lowest BCUT2D eigenvalue weighted by atomic mass is 10.3. The molecule has 0 amide bonds. The van der Waals surface area contributed by atoms with Crippen LogP contribution in [0.25, 0.3) is 0 Å². The minimum Gasteiger partial charge on any atom is -0.478 e. The first kappa shape index (κ1) is 10.2. The molecule has 0 saturated heterocycles. The number of hydrogen-bond donors (Lipinski definition) is 1. The molecule has 0 aliphatic rings. The molecule has 0 aromatic carbocycles. The molecule has 1 heterocycles. The summed E-state index contributed by atoms with van der Waals surface area (Å²) in [6.45, 7) is 5.58. The smallest absolute Gasteiger partial charge is 0.340 e. The lowest BCUT2D eigenvalue weighted by Crippen LogP contribution is -2.04. The third-order valence-corrected chi connectivity index (χ3v) is 2.49. The molecule has 72 valence electrons. The molecule has 0 atom stereocenters. The van der Waals surface area contributed by atoms with Crippen molar-refractivity contribution in [3.63, 3.8) is 0 Å². The zero-order valence-electron chi connectivity index (χ0n) is 7.71. The summed E-state index contributed by atoms with van der Waals surface area (Å²) in [5.41, 5.74) is 0.779. The average Bonchev–Trinajstić information content (AvgIpc) is 2.26. The van der Waals surface area contributed by atoms with Crippen LogP contribution in [-0.2, 0) is 0 Å². The molecule has 0 unspecified atom stereocenters. The van der Waals surface area contributed by atoms with Crippen LogP contribution < -0.4 is 0 Å². The average molecular weight is 247 g/mol. The second kappa shape index (κ2) is 3.49. The fourth-order valence-corrected chi connectivity index (χ4v) is 2.05. The van der Waals surface area contributed by atoms with Gasteiger partial charge in [-0.25, -0.2) is 4.79 Å². The fraction of sp³-hybridized carbons (Fsp3) is 0.500. The first-order valence-corrected chi connectivity index (χ1v) is 4.72. The molecule has 5 heteroatoms. The molecule has 1 N–H and O–H groups in total. The van der Waals surface area contributed by atoms with E-state index in [0.717, 1.165) is 0 Å². The van der Waals surface area contributed by atoms with Crippen LogP contribution in [0.1, 0.15) is 35.9 Å². The number of hydrogen-bond acceptors (Lipinski definition) is 2. The summed E-state index contributed by atoms with van der Waals surface area (Å²) in [6.07, 6.45) is 0. The van der Waals surface area contributed by atoms with Gasteiger partial charge < -0.3 is 5.11 Å². The van der Waals surface area contributed by atoms with Gasteiger partial charge in [-0.05, 0) is 36.7 Å². The van der Waals surface area contributed by atoms with Crippen LogP contribution in [0.4, 0.5) is 0 Å². The van der Waals surface area contributed by atoms with Gasteiger partial charge in [-0.2, -0.15) is 5.10 Å². The lowest BCUT2D eigenvalue weighted by Gasteiger charge is -2.05. The summed E-state index contributed by atoms with van der Waals surface area (Å²) in [6, 6.07) is 0.154. The van der Waals surface area contributed by atoms with E-state index in [1.165, 1.54) is 0 Å². The fourth-order valence-electron chi connectivity index (χ4n) is 1.10.